The SMILES string of the molecule is CCC(Nc1c(F)c(F)nc(F)c1F)c1nc(C)cs1. The van der Waals surface area contributed by atoms with Crippen molar-refractivity contribution < 1.29 is 17.6 Å². The average Bonchev–Trinajstić information content (AvgIpc) is 2.83. The van der Waals surface area contributed by atoms with Crippen molar-refractivity contribution >= 4 is 17.0 Å². The van der Waals surface area contributed by atoms with Crippen molar-refractivity contribution in [2.75, 3.05) is 5.32 Å². The monoisotopic (exact) mass is 305 g/mol. The Kier molecular flexibility index (Phi) is 4.22. The summed E-state index contributed by atoms with van der Waals surface area (Å²) in [6, 6.07) is -0.543. The van der Waals surface area contributed by atoms with Gasteiger partial charge in [0.1, 0.15) is 10.7 Å². The number of pyridine rings is 1. The van der Waals surface area contributed by atoms with Gasteiger partial charge in [0.25, 0.3) is 11.9 Å². The number of halogens is 4. The van der Waals surface area contributed by atoms with Crippen molar-refractivity contribution in [2.24, 2.45) is 0 Å². The highest BCUT2D eigenvalue weighted by atomic mass is 32.1. The topological polar surface area (TPSA) is 37.8 Å². The minimum Gasteiger partial charge on any atom is -0.371 e. The minimum atomic E-state index is -1.68. The Morgan fingerprint density at radius 2 is 1.75 bits per heavy atom. The molecule has 108 valence electrons. The van der Waals surface area contributed by atoms with E-state index in [-0.39, 0.29) is 0 Å². The first-order valence-electron chi connectivity index (χ1n) is 5.82. The van der Waals surface area contributed by atoms with Gasteiger partial charge in [0, 0.05) is 11.1 Å². The van der Waals surface area contributed by atoms with Gasteiger partial charge in [-0.05, 0) is 13.3 Å². The molecule has 0 bridgehead atoms. The number of aryl methyl sites for hydroxylation is 1. The number of hydrogen-bond donors (Lipinski definition) is 1. The average molecular weight is 305 g/mol. The molecule has 2 aromatic heterocycles. The molecule has 0 aliphatic carbocycles. The molecule has 0 aliphatic rings. The number of hydrogen-bond acceptors (Lipinski definition) is 4. The Bertz CT molecular complexity index is 603. The maximum atomic E-state index is 13.5. The Morgan fingerprint density at radius 1 is 1.15 bits per heavy atom. The molecule has 20 heavy (non-hydrogen) atoms. The lowest BCUT2D eigenvalue weighted by Gasteiger charge is -2.17. The van der Waals surface area contributed by atoms with Crippen LogP contribution in [0.25, 0.3) is 0 Å². The summed E-state index contributed by atoms with van der Waals surface area (Å²) < 4.78 is 53.1. The van der Waals surface area contributed by atoms with E-state index in [2.05, 4.69) is 15.3 Å². The lowest BCUT2D eigenvalue weighted by atomic mass is 10.2. The Hall–Kier alpha value is -1.70. The van der Waals surface area contributed by atoms with Crippen LogP contribution < -0.4 is 5.32 Å². The van der Waals surface area contributed by atoms with Crippen LogP contribution in [-0.2, 0) is 0 Å². The standard InChI is InChI=1S/C12H11F4N3S/c1-3-6(12-17-5(2)4-20-12)18-9-7(13)10(15)19-11(16)8(9)14/h4,6H,3H2,1-2H3,(H,18,19). The van der Waals surface area contributed by atoms with Gasteiger partial charge in [-0.25, -0.2) is 4.98 Å². The van der Waals surface area contributed by atoms with Gasteiger partial charge in [-0.2, -0.15) is 22.5 Å². The number of rotatable bonds is 4. The maximum Gasteiger partial charge on any atom is 0.253 e. The van der Waals surface area contributed by atoms with Crippen LogP contribution in [0.2, 0.25) is 0 Å². The van der Waals surface area contributed by atoms with E-state index in [0.717, 1.165) is 5.69 Å². The van der Waals surface area contributed by atoms with E-state index in [1.54, 1.807) is 19.2 Å². The molecule has 1 unspecified atom stereocenters. The maximum absolute atomic E-state index is 13.5. The normalized spacial score (nSPS) is 12.5. The molecule has 0 fully saturated rings. The van der Waals surface area contributed by atoms with Crippen LogP contribution in [0.4, 0.5) is 23.2 Å². The first-order chi connectivity index (χ1) is 9.43. The summed E-state index contributed by atoms with van der Waals surface area (Å²) in [6.07, 6.45) is 0.442. The highest BCUT2D eigenvalue weighted by molar-refractivity contribution is 7.09. The fourth-order valence-corrected chi connectivity index (χ4v) is 2.59. The van der Waals surface area contributed by atoms with Gasteiger partial charge in [0.2, 0.25) is 11.6 Å². The van der Waals surface area contributed by atoms with Gasteiger partial charge in [0.15, 0.2) is 0 Å². The zero-order valence-electron chi connectivity index (χ0n) is 10.7. The molecule has 2 aromatic rings. The largest absolute Gasteiger partial charge is 0.371 e. The Morgan fingerprint density at radius 3 is 2.20 bits per heavy atom. The summed E-state index contributed by atoms with van der Waals surface area (Å²) in [5.41, 5.74) is -0.104. The minimum absolute atomic E-state index is 0.442. The molecule has 1 N–H and O–H groups in total. The van der Waals surface area contributed by atoms with Crippen molar-refractivity contribution in [2.45, 2.75) is 26.3 Å². The number of aromatic nitrogens is 2. The van der Waals surface area contributed by atoms with E-state index >= 15 is 0 Å². The highest BCUT2D eigenvalue weighted by Gasteiger charge is 2.24. The van der Waals surface area contributed by atoms with E-state index < -0.39 is 35.3 Å². The number of anilines is 1. The van der Waals surface area contributed by atoms with Gasteiger partial charge >= 0.3 is 0 Å². The molecule has 0 saturated heterocycles. The lowest BCUT2D eigenvalue weighted by molar-refractivity contribution is 0.409. The quantitative estimate of drug-likeness (QED) is 0.686. The summed E-state index contributed by atoms with van der Waals surface area (Å²) in [7, 11) is 0. The molecule has 0 amide bonds. The molecule has 0 saturated carbocycles. The molecule has 2 rings (SSSR count). The first-order valence-corrected chi connectivity index (χ1v) is 6.70. The van der Waals surface area contributed by atoms with Crippen molar-refractivity contribution in [1.82, 2.24) is 9.97 Å². The predicted molar refractivity (Wildman–Crippen MR) is 67.6 cm³/mol. The van der Waals surface area contributed by atoms with E-state index in [1.165, 1.54) is 11.3 Å². The summed E-state index contributed by atoms with van der Waals surface area (Å²) in [4.78, 5) is 6.70. The molecule has 0 aromatic carbocycles. The van der Waals surface area contributed by atoms with Crippen LogP contribution in [0.5, 0.6) is 0 Å². The zero-order chi connectivity index (χ0) is 14.9. The number of nitrogens with one attached hydrogen (secondary N) is 1. The lowest BCUT2D eigenvalue weighted by Crippen LogP contribution is -2.14. The van der Waals surface area contributed by atoms with Crippen LogP contribution in [0.1, 0.15) is 30.1 Å². The van der Waals surface area contributed by atoms with Gasteiger partial charge in [-0.1, -0.05) is 6.92 Å². The molecule has 8 heteroatoms. The van der Waals surface area contributed by atoms with Crippen molar-refractivity contribution in [3.8, 4) is 0 Å². The van der Waals surface area contributed by atoms with Gasteiger partial charge in [-0.15, -0.1) is 11.3 Å². The third-order valence-electron chi connectivity index (χ3n) is 2.66. The van der Waals surface area contributed by atoms with Crippen molar-refractivity contribution in [3.05, 3.63) is 39.6 Å². The molecule has 1 atom stereocenters. The summed E-state index contributed by atoms with van der Waals surface area (Å²) in [5.74, 6) is -6.46. The number of nitrogens with zero attached hydrogens (tertiary/aromatic N) is 2. The van der Waals surface area contributed by atoms with E-state index in [4.69, 9.17) is 0 Å². The molecular weight excluding hydrogens is 294 g/mol. The second kappa shape index (κ2) is 5.74. The van der Waals surface area contributed by atoms with Gasteiger partial charge in [-0.3, -0.25) is 0 Å². The fourth-order valence-electron chi connectivity index (χ4n) is 1.66. The highest BCUT2D eigenvalue weighted by Crippen LogP contribution is 2.29. The van der Waals surface area contributed by atoms with Crippen molar-refractivity contribution in [3.63, 3.8) is 0 Å². The molecule has 2 heterocycles. The smallest absolute Gasteiger partial charge is 0.253 e. The third kappa shape index (κ3) is 2.74. The van der Waals surface area contributed by atoms with Crippen LogP contribution in [0, 0.1) is 30.5 Å². The second-order valence-electron chi connectivity index (χ2n) is 4.13. The van der Waals surface area contributed by atoms with Crippen LogP contribution >= 0.6 is 11.3 Å². The van der Waals surface area contributed by atoms with E-state index in [9.17, 15) is 17.6 Å². The summed E-state index contributed by atoms with van der Waals surface area (Å²) in [5, 5.41) is 4.82. The molecule has 0 aliphatic heterocycles. The van der Waals surface area contributed by atoms with Crippen molar-refractivity contribution in [1.29, 1.82) is 0 Å². The fraction of sp³-hybridized carbons (Fsp3) is 0.333. The summed E-state index contributed by atoms with van der Waals surface area (Å²) >= 11 is 1.30. The predicted octanol–water partition coefficient (Wildman–Crippen LogP) is 3.97. The van der Waals surface area contributed by atoms with E-state index in [1.807, 2.05) is 0 Å². The van der Waals surface area contributed by atoms with E-state index in [0.29, 0.717) is 11.4 Å². The first kappa shape index (κ1) is 14.7. The summed E-state index contributed by atoms with van der Waals surface area (Å²) in [6.45, 7) is 3.54. The van der Waals surface area contributed by atoms with Crippen LogP contribution in [-0.4, -0.2) is 9.97 Å². The van der Waals surface area contributed by atoms with Crippen LogP contribution in [0.3, 0.4) is 0 Å². The van der Waals surface area contributed by atoms with Gasteiger partial charge < -0.3 is 5.32 Å². The van der Waals surface area contributed by atoms with Crippen LogP contribution in [0.15, 0.2) is 5.38 Å². The van der Waals surface area contributed by atoms with Gasteiger partial charge in [0.05, 0.1) is 6.04 Å². The zero-order valence-corrected chi connectivity index (χ0v) is 11.5. The molecule has 3 nitrogen and oxygen atoms in total. The molecule has 0 radical (unpaired) electrons. The Balaban J connectivity index is 2.37. The molecule has 0 spiro atoms. The second-order valence-corrected chi connectivity index (χ2v) is 5.02. The Labute approximate surface area is 116 Å². The number of thiazole rings is 1. The molecular formula is C12H11F4N3S. The third-order valence-corrected chi connectivity index (χ3v) is 3.74.